The second kappa shape index (κ2) is 7.17. The van der Waals surface area contributed by atoms with Crippen molar-refractivity contribution >= 4 is 0 Å². The Labute approximate surface area is 147 Å². The predicted molar refractivity (Wildman–Crippen MR) is 97.6 cm³/mol. The fourth-order valence-electron chi connectivity index (χ4n) is 3.25. The molecule has 0 bridgehead atoms. The highest BCUT2D eigenvalue weighted by Crippen LogP contribution is 2.24. The van der Waals surface area contributed by atoms with E-state index in [2.05, 4.69) is 33.2 Å². The average molecular weight is 334 g/mol. The first-order valence-corrected chi connectivity index (χ1v) is 8.76. The van der Waals surface area contributed by atoms with Crippen molar-refractivity contribution in [2.24, 2.45) is 5.73 Å². The highest BCUT2D eigenvalue weighted by Gasteiger charge is 2.14. The molecule has 1 saturated heterocycles. The van der Waals surface area contributed by atoms with Crippen LogP contribution in [0.5, 0.6) is 0 Å². The Bertz CT molecular complexity index is 835. The van der Waals surface area contributed by atoms with Crippen molar-refractivity contribution in [1.29, 1.82) is 0 Å². The second-order valence-electron chi connectivity index (χ2n) is 6.51. The number of nitrogens with zero attached hydrogens (tertiary/aromatic N) is 3. The van der Waals surface area contributed by atoms with Crippen LogP contribution in [-0.4, -0.2) is 28.1 Å². The van der Waals surface area contributed by atoms with Crippen LogP contribution in [-0.2, 0) is 13.1 Å². The third-order valence-corrected chi connectivity index (χ3v) is 4.65. The molecule has 5 heteroatoms. The monoisotopic (exact) mass is 334 g/mol. The summed E-state index contributed by atoms with van der Waals surface area (Å²) in [5.74, 6) is 1.16. The molecular formula is C20H22N4O. The molecule has 2 heterocycles. The zero-order valence-electron chi connectivity index (χ0n) is 14.2. The van der Waals surface area contributed by atoms with Crippen molar-refractivity contribution in [1.82, 2.24) is 15.0 Å². The Kier molecular flexibility index (Phi) is 4.59. The summed E-state index contributed by atoms with van der Waals surface area (Å²) < 4.78 is 5.49. The van der Waals surface area contributed by atoms with Gasteiger partial charge in [-0.25, -0.2) is 0 Å². The second-order valence-corrected chi connectivity index (χ2v) is 6.51. The normalized spacial score (nSPS) is 14.9. The van der Waals surface area contributed by atoms with Crippen LogP contribution in [0.25, 0.3) is 22.8 Å². The Morgan fingerprint density at radius 3 is 2.52 bits per heavy atom. The molecule has 2 N–H and O–H groups in total. The summed E-state index contributed by atoms with van der Waals surface area (Å²) in [7, 11) is 0. The Hall–Kier alpha value is -2.50. The van der Waals surface area contributed by atoms with Crippen molar-refractivity contribution in [3.05, 3.63) is 59.7 Å². The minimum absolute atomic E-state index is 0.529. The maximum Gasteiger partial charge on any atom is 0.258 e. The first kappa shape index (κ1) is 16.0. The lowest BCUT2D eigenvalue weighted by atomic mass is 10.1. The van der Waals surface area contributed by atoms with E-state index in [1.165, 1.54) is 31.5 Å². The zero-order chi connectivity index (χ0) is 17.1. The molecule has 1 aliphatic heterocycles. The van der Waals surface area contributed by atoms with E-state index >= 15 is 0 Å². The minimum atomic E-state index is 0.529. The molecule has 0 unspecified atom stereocenters. The van der Waals surface area contributed by atoms with Crippen LogP contribution < -0.4 is 5.73 Å². The lowest BCUT2D eigenvalue weighted by Gasteiger charge is -2.14. The van der Waals surface area contributed by atoms with Crippen LogP contribution in [0.2, 0.25) is 0 Å². The zero-order valence-corrected chi connectivity index (χ0v) is 14.2. The Balaban J connectivity index is 1.54. The van der Waals surface area contributed by atoms with Crippen LogP contribution in [0.15, 0.2) is 53.1 Å². The van der Waals surface area contributed by atoms with E-state index in [4.69, 9.17) is 10.3 Å². The molecule has 2 aromatic carbocycles. The van der Waals surface area contributed by atoms with Crippen molar-refractivity contribution in [2.75, 3.05) is 13.1 Å². The van der Waals surface area contributed by atoms with E-state index in [1.54, 1.807) is 0 Å². The minimum Gasteiger partial charge on any atom is -0.334 e. The summed E-state index contributed by atoms with van der Waals surface area (Å²) in [5, 5.41) is 4.12. The van der Waals surface area contributed by atoms with Crippen LogP contribution in [0.3, 0.4) is 0 Å². The smallest absolute Gasteiger partial charge is 0.258 e. The molecule has 0 saturated carbocycles. The standard InChI is InChI=1S/C20H22N4O/c21-13-15-6-8-17(9-7-15)19-22-20(25-23-19)18-5-3-4-16(12-18)14-24-10-1-2-11-24/h3-9,12H,1-2,10-11,13-14,21H2. The van der Waals surface area contributed by atoms with Gasteiger partial charge in [0, 0.05) is 24.2 Å². The van der Waals surface area contributed by atoms with Crippen LogP contribution in [0.1, 0.15) is 24.0 Å². The van der Waals surface area contributed by atoms with Crippen molar-refractivity contribution in [3.8, 4) is 22.8 Å². The van der Waals surface area contributed by atoms with Gasteiger partial charge in [0.15, 0.2) is 0 Å². The van der Waals surface area contributed by atoms with Crippen molar-refractivity contribution in [3.63, 3.8) is 0 Å². The lowest BCUT2D eigenvalue weighted by molar-refractivity contribution is 0.331. The topological polar surface area (TPSA) is 68.2 Å². The van der Waals surface area contributed by atoms with Gasteiger partial charge in [-0.3, -0.25) is 4.90 Å². The molecule has 1 fully saturated rings. The molecule has 4 rings (SSSR count). The summed E-state index contributed by atoms with van der Waals surface area (Å²) in [6.45, 7) is 3.89. The third-order valence-electron chi connectivity index (χ3n) is 4.65. The number of aromatic nitrogens is 2. The van der Waals surface area contributed by atoms with Gasteiger partial charge in [-0.1, -0.05) is 41.6 Å². The molecule has 0 radical (unpaired) electrons. The number of benzene rings is 2. The van der Waals surface area contributed by atoms with E-state index in [0.29, 0.717) is 18.3 Å². The lowest BCUT2D eigenvalue weighted by Crippen LogP contribution is -2.18. The summed E-state index contributed by atoms with van der Waals surface area (Å²) in [5.41, 5.74) is 9.90. The molecule has 1 aliphatic rings. The number of hydrogen-bond donors (Lipinski definition) is 1. The maximum absolute atomic E-state index is 5.64. The van der Waals surface area contributed by atoms with Gasteiger partial charge in [0.1, 0.15) is 0 Å². The molecule has 1 aromatic heterocycles. The molecule has 0 atom stereocenters. The van der Waals surface area contributed by atoms with Gasteiger partial charge in [-0.2, -0.15) is 4.98 Å². The molecule has 5 nitrogen and oxygen atoms in total. The predicted octanol–water partition coefficient (Wildman–Crippen LogP) is 3.46. The Morgan fingerprint density at radius 2 is 1.76 bits per heavy atom. The largest absolute Gasteiger partial charge is 0.334 e. The summed E-state index contributed by atoms with van der Waals surface area (Å²) in [4.78, 5) is 7.04. The van der Waals surface area contributed by atoms with Gasteiger partial charge < -0.3 is 10.3 Å². The molecule has 0 amide bonds. The molecule has 0 aliphatic carbocycles. The average Bonchev–Trinajstić information content (AvgIpc) is 3.34. The first-order chi connectivity index (χ1) is 12.3. The number of nitrogens with two attached hydrogens (primary N) is 1. The number of rotatable bonds is 5. The quantitative estimate of drug-likeness (QED) is 0.774. The molecule has 128 valence electrons. The summed E-state index contributed by atoms with van der Waals surface area (Å²) in [6, 6.07) is 16.3. The highest BCUT2D eigenvalue weighted by atomic mass is 16.5. The van der Waals surface area contributed by atoms with Gasteiger partial charge >= 0.3 is 0 Å². The SMILES string of the molecule is NCc1ccc(-c2noc(-c3cccc(CN4CCCC4)c3)n2)cc1. The van der Waals surface area contributed by atoms with Gasteiger partial charge in [-0.15, -0.1) is 0 Å². The van der Waals surface area contributed by atoms with Crippen LogP contribution in [0.4, 0.5) is 0 Å². The van der Waals surface area contributed by atoms with E-state index < -0.39 is 0 Å². The van der Waals surface area contributed by atoms with E-state index in [1.807, 2.05) is 30.3 Å². The van der Waals surface area contributed by atoms with Gasteiger partial charge in [0.05, 0.1) is 0 Å². The van der Waals surface area contributed by atoms with Gasteiger partial charge in [0.25, 0.3) is 5.89 Å². The molecule has 0 spiro atoms. The number of likely N-dealkylation sites (tertiary alicyclic amines) is 1. The number of hydrogen-bond acceptors (Lipinski definition) is 5. The highest BCUT2D eigenvalue weighted by molar-refractivity contribution is 5.60. The molecule has 25 heavy (non-hydrogen) atoms. The van der Waals surface area contributed by atoms with E-state index in [0.717, 1.165) is 23.2 Å². The fourth-order valence-corrected chi connectivity index (χ4v) is 3.25. The van der Waals surface area contributed by atoms with Crippen molar-refractivity contribution < 1.29 is 4.52 Å². The Morgan fingerprint density at radius 1 is 0.960 bits per heavy atom. The van der Waals surface area contributed by atoms with E-state index in [-0.39, 0.29) is 0 Å². The summed E-state index contributed by atoms with van der Waals surface area (Å²) >= 11 is 0. The van der Waals surface area contributed by atoms with Crippen LogP contribution >= 0.6 is 0 Å². The van der Waals surface area contributed by atoms with Gasteiger partial charge in [-0.05, 0) is 49.2 Å². The van der Waals surface area contributed by atoms with Gasteiger partial charge in [0.2, 0.25) is 5.82 Å². The first-order valence-electron chi connectivity index (χ1n) is 8.76. The molecular weight excluding hydrogens is 312 g/mol. The fraction of sp³-hybridized carbons (Fsp3) is 0.300. The molecule has 3 aromatic rings. The summed E-state index contributed by atoms with van der Waals surface area (Å²) in [6.07, 6.45) is 2.60. The van der Waals surface area contributed by atoms with Crippen molar-refractivity contribution in [2.45, 2.75) is 25.9 Å². The maximum atomic E-state index is 5.64. The third kappa shape index (κ3) is 3.62. The van der Waals surface area contributed by atoms with Crippen LogP contribution in [0, 0.1) is 0 Å². The van der Waals surface area contributed by atoms with E-state index in [9.17, 15) is 0 Å².